The summed E-state index contributed by atoms with van der Waals surface area (Å²) < 4.78 is 5.40. The Kier molecular flexibility index (Phi) is 16.9. The van der Waals surface area contributed by atoms with Gasteiger partial charge in [-0.25, -0.2) is 4.79 Å². The molecule has 0 fully saturated rings. The summed E-state index contributed by atoms with van der Waals surface area (Å²) in [6, 6.07) is 33.3. The van der Waals surface area contributed by atoms with Crippen molar-refractivity contribution in [3.63, 3.8) is 0 Å². The average Bonchev–Trinajstić information content (AvgIpc) is 3.21. The molecule has 0 aliphatic rings. The van der Waals surface area contributed by atoms with E-state index in [1.807, 2.05) is 135 Å². The zero-order valence-corrected chi connectivity index (χ0v) is 32.1. The molecule has 6 atom stereocenters. The lowest BCUT2D eigenvalue weighted by Crippen LogP contribution is -2.63. The molecular formula is C44H55N5O6. The third-order valence-corrected chi connectivity index (χ3v) is 9.57. The summed E-state index contributed by atoms with van der Waals surface area (Å²) >= 11 is 0. The summed E-state index contributed by atoms with van der Waals surface area (Å²) in [6.45, 7) is 7.95. The highest BCUT2D eigenvalue weighted by atomic mass is 16.5. The topological polar surface area (TPSA) is 158 Å². The van der Waals surface area contributed by atoms with Gasteiger partial charge in [0.05, 0.1) is 12.1 Å². The van der Waals surface area contributed by atoms with Gasteiger partial charge in [0.15, 0.2) is 0 Å². The minimum atomic E-state index is -1.48. The Labute approximate surface area is 324 Å². The van der Waals surface area contributed by atoms with Gasteiger partial charge in [-0.2, -0.15) is 0 Å². The van der Waals surface area contributed by atoms with Crippen LogP contribution in [0.5, 0.6) is 0 Å². The lowest BCUT2D eigenvalue weighted by Gasteiger charge is -2.34. The van der Waals surface area contributed by atoms with E-state index < -0.39 is 48.2 Å². The molecule has 4 amide bonds. The first-order chi connectivity index (χ1) is 26.5. The molecule has 0 saturated carbocycles. The molecule has 4 rings (SSSR count). The summed E-state index contributed by atoms with van der Waals surface area (Å²) in [4.78, 5) is 54.8. The molecule has 0 aliphatic carbocycles. The molecule has 4 aromatic rings. The number of aliphatic hydroxyl groups excluding tert-OH is 1. The quantitative estimate of drug-likeness (QED) is 0.0740. The van der Waals surface area contributed by atoms with Gasteiger partial charge in [-0.1, -0.05) is 155 Å². The fraction of sp³-hybridized carbons (Fsp3) is 0.364. The van der Waals surface area contributed by atoms with Gasteiger partial charge in [-0.05, 0) is 40.5 Å². The highest BCUT2D eigenvalue weighted by molar-refractivity contribution is 5.90. The smallest absolute Gasteiger partial charge is 0.408 e. The number of carbonyl (C=O) groups excluding carboxylic acids is 4. The van der Waals surface area contributed by atoms with E-state index in [9.17, 15) is 24.3 Å². The number of hydrogen-bond acceptors (Lipinski definition) is 7. The number of amides is 4. The first-order valence-corrected chi connectivity index (χ1v) is 18.9. The van der Waals surface area contributed by atoms with Crippen molar-refractivity contribution in [2.45, 2.75) is 90.5 Å². The Morgan fingerprint density at radius 2 is 1.07 bits per heavy atom. The molecule has 55 heavy (non-hydrogen) atoms. The second-order valence-electron chi connectivity index (χ2n) is 14.1. The van der Waals surface area contributed by atoms with Crippen LogP contribution < -0.4 is 26.6 Å². The molecule has 0 radical (unpaired) electrons. The number of benzene rings is 4. The highest BCUT2D eigenvalue weighted by Crippen LogP contribution is 2.15. The minimum Gasteiger partial charge on any atom is -0.445 e. The van der Waals surface area contributed by atoms with Gasteiger partial charge in [0.1, 0.15) is 24.7 Å². The van der Waals surface area contributed by atoms with Crippen molar-refractivity contribution >= 4 is 23.8 Å². The molecule has 11 nitrogen and oxygen atoms in total. The zero-order valence-electron chi connectivity index (χ0n) is 32.1. The number of carbonyl (C=O) groups is 4. The van der Waals surface area contributed by atoms with E-state index in [1.165, 1.54) is 0 Å². The largest absolute Gasteiger partial charge is 0.445 e. The predicted molar refractivity (Wildman–Crippen MR) is 213 cm³/mol. The van der Waals surface area contributed by atoms with Gasteiger partial charge >= 0.3 is 6.09 Å². The van der Waals surface area contributed by atoms with Crippen molar-refractivity contribution in [3.05, 3.63) is 144 Å². The molecule has 4 aromatic carbocycles. The number of alkyl carbamates (subject to hydrolysis) is 1. The molecule has 0 bridgehead atoms. The molecule has 0 spiro atoms. The van der Waals surface area contributed by atoms with E-state index in [4.69, 9.17) is 4.74 Å². The van der Waals surface area contributed by atoms with Crippen molar-refractivity contribution in [2.24, 2.45) is 11.8 Å². The van der Waals surface area contributed by atoms with Crippen molar-refractivity contribution < 1.29 is 29.0 Å². The Morgan fingerprint density at radius 1 is 0.582 bits per heavy atom. The fourth-order valence-electron chi connectivity index (χ4n) is 6.09. The molecule has 11 heteroatoms. The molecule has 0 saturated heterocycles. The fourth-order valence-corrected chi connectivity index (χ4v) is 6.09. The van der Waals surface area contributed by atoms with Crippen molar-refractivity contribution in [3.8, 4) is 0 Å². The third kappa shape index (κ3) is 13.7. The van der Waals surface area contributed by atoms with Gasteiger partial charge in [-0.3, -0.25) is 19.7 Å². The summed E-state index contributed by atoms with van der Waals surface area (Å²) in [5, 5.41) is 26.9. The number of rotatable bonds is 20. The van der Waals surface area contributed by atoms with Crippen molar-refractivity contribution in [1.82, 2.24) is 26.6 Å². The molecule has 292 valence electrons. The van der Waals surface area contributed by atoms with Crippen LogP contribution in [0.4, 0.5) is 4.79 Å². The summed E-state index contributed by atoms with van der Waals surface area (Å²) in [5.74, 6) is -2.07. The summed E-state index contributed by atoms with van der Waals surface area (Å²) in [6.07, 6.45) is -1.46. The maximum atomic E-state index is 14.3. The Morgan fingerprint density at radius 3 is 1.60 bits per heavy atom. The van der Waals surface area contributed by atoms with Gasteiger partial charge in [0.2, 0.25) is 17.7 Å². The van der Waals surface area contributed by atoms with Crippen LogP contribution in [0.1, 0.15) is 56.4 Å². The lowest BCUT2D eigenvalue weighted by atomic mass is 9.93. The van der Waals surface area contributed by atoms with E-state index in [0.717, 1.165) is 22.3 Å². The summed E-state index contributed by atoms with van der Waals surface area (Å²) in [7, 11) is 0. The van der Waals surface area contributed by atoms with Crippen LogP contribution in [0.2, 0.25) is 0 Å². The van der Waals surface area contributed by atoms with Crippen LogP contribution in [0, 0.1) is 11.8 Å². The molecule has 1 unspecified atom stereocenters. The van der Waals surface area contributed by atoms with Gasteiger partial charge in [0.25, 0.3) is 0 Å². The Hall–Kier alpha value is -5.52. The van der Waals surface area contributed by atoms with E-state index in [-0.39, 0.29) is 43.9 Å². The van der Waals surface area contributed by atoms with Crippen LogP contribution in [-0.4, -0.2) is 59.2 Å². The standard InChI is InChI=1S/C44H55N5O6/c1-5-31(4)38(41(51)46-28-34-22-14-8-15-23-34)48-43(53)39(45-27-33-20-12-7-13-21-33)40(50)36(26-32-18-10-6-11-19-32)47-42(52)37(30(2)3)49-44(54)55-29-35-24-16-9-17-25-35/h6-25,30-31,36-40,45,50H,5,26-29H2,1-4H3,(H,46,51)(H,47,52)(H,48,53)(H,49,54)/t31?,36-,37-,38-,39+,40+/m0/s1. The number of aliphatic hydroxyl groups is 1. The van der Waals surface area contributed by atoms with Crippen molar-refractivity contribution in [2.75, 3.05) is 0 Å². The Balaban J connectivity index is 1.58. The van der Waals surface area contributed by atoms with E-state index >= 15 is 0 Å². The van der Waals surface area contributed by atoms with Crippen LogP contribution >= 0.6 is 0 Å². The maximum Gasteiger partial charge on any atom is 0.408 e. The van der Waals surface area contributed by atoms with Crippen LogP contribution in [0.3, 0.4) is 0 Å². The maximum absolute atomic E-state index is 14.3. The number of nitrogens with one attached hydrogen (secondary N) is 5. The predicted octanol–water partition coefficient (Wildman–Crippen LogP) is 5.03. The Bertz CT molecular complexity index is 1760. The van der Waals surface area contributed by atoms with E-state index in [2.05, 4.69) is 26.6 Å². The summed E-state index contributed by atoms with van der Waals surface area (Å²) in [5.41, 5.74) is 3.39. The first kappa shape index (κ1) is 42.2. The lowest BCUT2D eigenvalue weighted by molar-refractivity contribution is -0.134. The molecule has 6 N–H and O–H groups in total. The van der Waals surface area contributed by atoms with Gasteiger partial charge < -0.3 is 31.1 Å². The SMILES string of the molecule is CCC(C)[C@H](NC(=O)[C@H](NCc1ccccc1)[C@H](O)[C@H](Cc1ccccc1)NC(=O)[C@@H](NC(=O)OCc1ccccc1)C(C)C)C(=O)NCc1ccccc1. The highest BCUT2D eigenvalue weighted by Gasteiger charge is 2.38. The van der Waals surface area contributed by atoms with Gasteiger partial charge in [-0.15, -0.1) is 0 Å². The van der Waals surface area contributed by atoms with Gasteiger partial charge in [0, 0.05) is 13.1 Å². The second kappa shape index (κ2) is 22.0. The third-order valence-electron chi connectivity index (χ3n) is 9.57. The van der Waals surface area contributed by atoms with E-state index in [1.54, 1.807) is 13.8 Å². The molecule has 0 aromatic heterocycles. The van der Waals surface area contributed by atoms with Crippen LogP contribution in [0.25, 0.3) is 0 Å². The minimum absolute atomic E-state index is 0.0280. The van der Waals surface area contributed by atoms with Crippen LogP contribution in [-0.2, 0) is 45.2 Å². The normalized spacial score (nSPS) is 14.4. The second-order valence-corrected chi connectivity index (χ2v) is 14.1. The van der Waals surface area contributed by atoms with E-state index in [0.29, 0.717) is 6.42 Å². The number of ether oxygens (including phenoxy) is 1. The van der Waals surface area contributed by atoms with Crippen LogP contribution in [0.15, 0.2) is 121 Å². The molecule has 0 aliphatic heterocycles. The average molecular weight is 750 g/mol. The molecular weight excluding hydrogens is 695 g/mol. The van der Waals surface area contributed by atoms with Crippen molar-refractivity contribution in [1.29, 1.82) is 0 Å². The monoisotopic (exact) mass is 749 g/mol. The molecule has 0 heterocycles. The zero-order chi connectivity index (χ0) is 39.6. The number of hydrogen-bond donors (Lipinski definition) is 6. The first-order valence-electron chi connectivity index (χ1n) is 18.9.